The lowest BCUT2D eigenvalue weighted by atomic mass is 10.1. The molecule has 0 aliphatic carbocycles. The highest BCUT2D eigenvalue weighted by atomic mass is 32.2. The van der Waals surface area contributed by atoms with Crippen LogP contribution in [0.25, 0.3) is 0 Å². The fourth-order valence-electron chi connectivity index (χ4n) is 3.84. The maximum atomic E-state index is 12.7. The van der Waals surface area contributed by atoms with E-state index in [2.05, 4.69) is 27.4 Å². The highest BCUT2D eigenvalue weighted by Gasteiger charge is 2.17. The van der Waals surface area contributed by atoms with E-state index in [1.807, 2.05) is 69.5 Å². The molecule has 0 atom stereocenters. The summed E-state index contributed by atoms with van der Waals surface area (Å²) in [6, 6.07) is 9.98. The zero-order valence-electron chi connectivity index (χ0n) is 20.4. The molecule has 2 amide bonds. The van der Waals surface area contributed by atoms with E-state index in [9.17, 15) is 9.59 Å². The molecule has 178 valence electrons. The van der Waals surface area contributed by atoms with Crippen molar-refractivity contribution in [1.29, 1.82) is 0 Å². The van der Waals surface area contributed by atoms with Gasteiger partial charge in [0.1, 0.15) is 5.82 Å². The van der Waals surface area contributed by atoms with Gasteiger partial charge in [-0.3, -0.25) is 9.59 Å². The monoisotopic (exact) mass is 477 g/mol. The summed E-state index contributed by atoms with van der Waals surface area (Å²) < 4.78 is 1.81. The van der Waals surface area contributed by atoms with Gasteiger partial charge in [0.15, 0.2) is 5.16 Å². The quantitative estimate of drug-likeness (QED) is 0.337. The minimum absolute atomic E-state index is 0.0721. The Balaban J connectivity index is 1.66. The number of anilines is 2. The van der Waals surface area contributed by atoms with Crippen LogP contribution < -0.4 is 10.6 Å². The van der Waals surface area contributed by atoms with E-state index in [1.54, 1.807) is 6.08 Å². The van der Waals surface area contributed by atoms with Crippen molar-refractivity contribution in [3.05, 3.63) is 76.6 Å². The summed E-state index contributed by atoms with van der Waals surface area (Å²) in [5, 5.41) is 14.9. The molecule has 2 N–H and O–H groups in total. The number of allylic oxidation sites excluding steroid dienone is 1. The molecule has 0 spiro atoms. The van der Waals surface area contributed by atoms with E-state index in [-0.39, 0.29) is 24.0 Å². The molecular weight excluding hydrogens is 446 g/mol. The molecule has 0 saturated heterocycles. The van der Waals surface area contributed by atoms with Gasteiger partial charge in [0.05, 0.1) is 12.2 Å². The van der Waals surface area contributed by atoms with Crippen LogP contribution in [0.3, 0.4) is 0 Å². The fraction of sp³-hybridized carbons (Fsp3) is 0.308. The second-order valence-corrected chi connectivity index (χ2v) is 9.39. The number of hydrogen-bond donors (Lipinski definition) is 2. The van der Waals surface area contributed by atoms with E-state index in [1.165, 1.54) is 11.8 Å². The molecule has 0 aliphatic rings. The highest BCUT2D eigenvalue weighted by Crippen LogP contribution is 2.24. The van der Waals surface area contributed by atoms with Crippen LogP contribution in [0.15, 0.2) is 48.1 Å². The Morgan fingerprint density at radius 1 is 0.941 bits per heavy atom. The van der Waals surface area contributed by atoms with Gasteiger partial charge < -0.3 is 15.2 Å². The third kappa shape index (κ3) is 6.35. The van der Waals surface area contributed by atoms with Crippen LogP contribution in [0.2, 0.25) is 0 Å². The fourth-order valence-corrected chi connectivity index (χ4v) is 4.61. The van der Waals surface area contributed by atoms with Crippen LogP contribution >= 0.6 is 11.8 Å². The topological polar surface area (TPSA) is 88.9 Å². The number of carbonyl (C=O) groups is 2. The van der Waals surface area contributed by atoms with E-state index in [4.69, 9.17) is 0 Å². The van der Waals surface area contributed by atoms with Crippen molar-refractivity contribution in [3.8, 4) is 0 Å². The van der Waals surface area contributed by atoms with E-state index < -0.39 is 0 Å². The summed E-state index contributed by atoms with van der Waals surface area (Å²) in [6.07, 6.45) is 1.79. The average Bonchev–Trinajstić information content (AvgIpc) is 3.12. The Kier molecular flexibility index (Phi) is 8.28. The molecular formula is C26H31N5O2S. The van der Waals surface area contributed by atoms with Crippen molar-refractivity contribution >= 4 is 35.0 Å². The van der Waals surface area contributed by atoms with Crippen molar-refractivity contribution < 1.29 is 9.59 Å². The van der Waals surface area contributed by atoms with E-state index in [0.717, 1.165) is 39.2 Å². The molecule has 0 fully saturated rings. The Morgan fingerprint density at radius 2 is 1.62 bits per heavy atom. The van der Waals surface area contributed by atoms with E-state index >= 15 is 0 Å². The van der Waals surface area contributed by atoms with Gasteiger partial charge in [-0.15, -0.1) is 16.8 Å². The van der Waals surface area contributed by atoms with E-state index in [0.29, 0.717) is 17.5 Å². The Labute approximate surface area is 205 Å². The first-order valence-electron chi connectivity index (χ1n) is 11.1. The molecule has 0 bridgehead atoms. The normalized spacial score (nSPS) is 10.7. The molecule has 0 saturated carbocycles. The van der Waals surface area contributed by atoms with Crippen LogP contribution in [0.5, 0.6) is 0 Å². The van der Waals surface area contributed by atoms with Gasteiger partial charge in [-0.2, -0.15) is 0 Å². The lowest BCUT2D eigenvalue weighted by Gasteiger charge is -2.13. The van der Waals surface area contributed by atoms with Gasteiger partial charge in [0, 0.05) is 17.9 Å². The molecule has 2 aromatic carbocycles. The molecule has 7 nitrogen and oxygen atoms in total. The van der Waals surface area contributed by atoms with Gasteiger partial charge in [-0.05, 0) is 57.4 Å². The number of carbonyl (C=O) groups excluding carboxylic acids is 2. The molecule has 0 aliphatic heterocycles. The molecule has 1 aromatic heterocycles. The standard InChI is InChI=1S/C26H31N5O2S/c1-7-10-31-22(14-23(32)27-21-9-8-16(2)11-18(21)4)29-30-26(31)34-15-24(33)28-25-19(5)12-17(3)13-20(25)6/h7-9,11-13H,1,10,14-15H2,2-6H3,(H,27,32)(H,28,33). The highest BCUT2D eigenvalue weighted by molar-refractivity contribution is 7.99. The van der Waals surface area contributed by atoms with Gasteiger partial charge in [0.2, 0.25) is 11.8 Å². The van der Waals surface area contributed by atoms with Crippen molar-refractivity contribution in [3.63, 3.8) is 0 Å². The van der Waals surface area contributed by atoms with Crippen molar-refractivity contribution in [2.24, 2.45) is 0 Å². The third-order valence-corrected chi connectivity index (χ3v) is 6.32. The molecule has 0 unspecified atom stereocenters. The lowest BCUT2D eigenvalue weighted by Crippen LogP contribution is -2.19. The summed E-state index contributed by atoms with van der Waals surface area (Å²) in [5.41, 5.74) is 6.98. The molecule has 3 aromatic rings. The minimum atomic E-state index is -0.177. The second-order valence-electron chi connectivity index (χ2n) is 8.45. The van der Waals surface area contributed by atoms with Gasteiger partial charge >= 0.3 is 0 Å². The zero-order valence-corrected chi connectivity index (χ0v) is 21.2. The van der Waals surface area contributed by atoms with Crippen LogP contribution in [0.1, 0.15) is 33.6 Å². The summed E-state index contributed by atoms with van der Waals surface area (Å²) in [5.74, 6) is 0.401. The average molecular weight is 478 g/mol. The smallest absolute Gasteiger partial charge is 0.234 e. The first-order valence-corrected chi connectivity index (χ1v) is 12.1. The predicted octanol–water partition coefficient (Wildman–Crippen LogP) is 4.92. The molecule has 8 heteroatoms. The Morgan fingerprint density at radius 3 is 2.26 bits per heavy atom. The maximum Gasteiger partial charge on any atom is 0.234 e. The van der Waals surface area contributed by atoms with Gasteiger partial charge in [-0.25, -0.2) is 0 Å². The largest absolute Gasteiger partial charge is 0.325 e. The molecule has 34 heavy (non-hydrogen) atoms. The van der Waals surface area contributed by atoms with Gasteiger partial charge in [-0.1, -0.05) is 53.2 Å². The number of nitrogens with zero attached hydrogens (tertiary/aromatic N) is 3. The summed E-state index contributed by atoms with van der Waals surface area (Å²) >= 11 is 1.28. The summed E-state index contributed by atoms with van der Waals surface area (Å²) in [7, 11) is 0. The number of aromatic nitrogens is 3. The Bertz CT molecular complexity index is 1210. The number of nitrogens with one attached hydrogen (secondary N) is 2. The summed E-state index contributed by atoms with van der Waals surface area (Å²) in [4.78, 5) is 25.3. The van der Waals surface area contributed by atoms with Crippen molar-refractivity contribution in [2.45, 2.75) is 52.7 Å². The van der Waals surface area contributed by atoms with Crippen molar-refractivity contribution in [2.75, 3.05) is 16.4 Å². The Hall–Kier alpha value is -3.39. The number of thioether (sulfide) groups is 1. The number of benzene rings is 2. The number of amides is 2. The molecule has 3 rings (SSSR count). The SMILES string of the molecule is C=CCn1c(CC(=O)Nc2ccc(C)cc2C)nnc1SCC(=O)Nc1c(C)cc(C)cc1C. The lowest BCUT2D eigenvalue weighted by molar-refractivity contribution is -0.116. The van der Waals surface area contributed by atoms with Crippen LogP contribution in [-0.4, -0.2) is 32.3 Å². The van der Waals surface area contributed by atoms with Crippen LogP contribution in [0.4, 0.5) is 11.4 Å². The second kappa shape index (κ2) is 11.2. The first-order chi connectivity index (χ1) is 16.2. The van der Waals surface area contributed by atoms with Crippen LogP contribution in [-0.2, 0) is 22.6 Å². The predicted molar refractivity (Wildman–Crippen MR) is 138 cm³/mol. The van der Waals surface area contributed by atoms with Crippen molar-refractivity contribution in [1.82, 2.24) is 14.8 Å². The number of rotatable bonds is 9. The zero-order chi connectivity index (χ0) is 24.8. The molecule has 0 radical (unpaired) electrons. The first kappa shape index (κ1) is 25.2. The summed E-state index contributed by atoms with van der Waals surface area (Å²) in [6.45, 7) is 14.2. The maximum absolute atomic E-state index is 12.7. The minimum Gasteiger partial charge on any atom is -0.325 e. The molecule has 1 heterocycles. The van der Waals surface area contributed by atoms with Gasteiger partial charge in [0.25, 0.3) is 0 Å². The number of hydrogen-bond acceptors (Lipinski definition) is 5. The third-order valence-electron chi connectivity index (χ3n) is 5.35. The van der Waals surface area contributed by atoms with Crippen LogP contribution in [0, 0.1) is 34.6 Å². The number of aryl methyl sites for hydroxylation is 5.